The zero-order valence-corrected chi connectivity index (χ0v) is 14.9. The molecule has 8 heteroatoms. The van der Waals surface area contributed by atoms with Gasteiger partial charge in [-0.2, -0.15) is 4.98 Å². The van der Waals surface area contributed by atoms with Crippen LogP contribution in [0, 0.1) is 0 Å². The topological polar surface area (TPSA) is 92.3 Å². The Morgan fingerprint density at radius 3 is 2.88 bits per heavy atom. The SMILES string of the molecule is CCOC(=O)N1CCC(Nc2nccc(NCc3cccnc3)n2)CC1. The van der Waals surface area contributed by atoms with Crippen LogP contribution in [0.15, 0.2) is 36.8 Å². The lowest BCUT2D eigenvalue weighted by Crippen LogP contribution is -2.42. The van der Waals surface area contributed by atoms with E-state index in [1.807, 2.05) is 31.3 Å². The molecule has 2 N–H and O–H groups in total. The predicted octanol–water partition coefficient (Wildman–Crippen LogP) is 2.52. The highest BCUT2D eigenvalue weighted by molar-refractivity contribution is 5.67. The molecule has 0 aliphatic carbocycles. The summed E-state index contributed by atoms with van der Waals surface area (Å²) in [5.74, 6) is 1.35. The number of hydrogen-bond donors (Lipinski definition) is 2. The van der Waals surface area contributed by atoms with Gasteiger partial charge in [0.1, 0.15) is 5.82 Å². The molecule has 2 aromatic heterocycles. The van der Waals surface area contributed by atoms with Gasteiger partial charge >= 0.3 is 6.09 Å². The first-order chi connectivity index (χ1) is 12.7. The number of likely N-dealkylation sites (tertiary alicyclic amines) is 1. The molecule has 0 atom stereocenters. The Hall–Kier alpha value is -2.90. The fourth-order valence-electron chi connectivity index (χ4n) is 2.83. The molecule has 1 saturated heterocycles. The smallest absolute Gasteiger partial charge is 0.409 e. The van der Waals surface area contributed by atoms with Crippen molar-refractivity contribution < 1.29 is 9.53 Å². The lowest BCUT2D eigenvalue weighted by molar-refractivity contribution is 0.0983. The minimum atomic E-state index is -0.233. The molecule has 0 spiro atoms. The predicted molar refractivity (Wildman–Crippen MR) is 98.8 cm³/mol. The summed E-state index contributed by atoms with van der Waals surface area (Å²) in [5, 5.41) is 6.63. The van der Waals surface area contributed by atoms with Crippen molar-refractivity contribution in [2.75, 3.05) is 30.3 Å². The second-order valence-corrected chi connectivity index (χ2v) is 6.08. The van der Waals surface area contributed by atoms with Gasteiger partial charge in [-0.25, -0.2) is 9.78 Å². The summed E-state index contributed by atoms with van der Waals surface area (Å²) in [6.07, 6.45) is 6.76. The van der Waals surface area contributed by atoms with E-state index in [1.54, 1.807) is 17.3 Å². The molecule has 0 bridgehead atoms. The number of nitrogens with one attached hydrogen (secondary N) is 2. The van der Waals surface area contributed by atoms with Crippen LogP contribution in [0.25, 0.3) is 0 Å². The fraction of sp³-hybridized carbons (Fsp3) is 0.444. The second kappa shape index (κ2) is 8.98. The summed E-state index contributed by atoms with van der Waals surface area (Å²) in [5.41, 5.74) is 1.09. The normalized spacial score (nSPS) is 14.7. The van der Waals surface area contributed by atoms with E-state index in [0.717, 1.165) is 24.2 Å². The van der Waals surface area contributed by atoms with Gasteiger partial charge in [-0.15, -0.1) is 0 Å². The molecule has 1 fully saturated rings. The number of rotatable bonds is 6. The Morgan fingerprint density at radius 2 is 2.15 bits per heavy atom. The number of hydrogen-bond acceptors (Lipinski definition) is 7. The number of ether oxygens (including phenoxy) is 1. The maximum absolute atomic E-state index is 11.7. The van der Waals surface area contributed by atoms with Gasteiger partial charge < -0.3 is 20.3 Å². The molecule has 3 rings (SSSR count). The minimum Gasteiger partial charge on any atom is -0.450 e. The molecule has 1 aliphatic heterocycles. The Balaban J connectivity index is 1.49. The average molecular weight is 356 g/mol. The molecule has 1 amide bonds. The van der Waals surface area contributed by atoms with Crippen molar-refractivity contribution in [2.24, 2.45) is 0 Å². The van der Waals surface area contributed by atoms with Crippen molar-refractivity contribution in [2.45, 2.75) is 32.4 Å². The van der Waals surface area contributed by atoms with E-state index in [2.05, 4.69) is 25.6 Å². The molecule has 1 aliphatic rings. The van der Waals surface area contributed by atoms with E-state index in [4.69, 9.17) is 4.74 Å². The van der Waals surface area contributed by atoms with Crippen LogP contribution in [-0.4, -0.2) is 51.7 Å². The lowest BCUT2D eigenvalue weighted by Gasteiger charge is -2.31. The molecule has 0 unspecified atom stereocenters. The van der Waals surface area contributed by atoms with E-state index in [1.165, 1.54) is 0 Å². The maximum Gasteiger partial charge on any atom is 0.409 e. The largest absolute Gasteiger partial charge is 0.450 e. The van der Waals surface area contributed by atoms with Gasteiger partial charge in [0.2, 0.25) is 5.95 Å². The number of nitrogens with zero attached hydrogens (tertiary/aromatic N) is 4. The lowest BCUT2D eigenvalue weighted by atomic mass is 10.1. The van der Waals surface area contributed by atoms with Crippen molar-refractivity contribution in [3.63, 3.8) is 0 Å². The van der Waals surface area contributed by atoms with Gasteiger partial charge in [-0.1, -0.05) is 6.07 Å². The quantitative estimate of drug-likeness (QED) is 0.821. The van der Waals surface area contributed by atoms with Crippen LogP contribution in [0.2, 0.25) is 0 Å². The van der Waals surface area contributed by atoms with Crippen LogP contribution in [0.4, 0.5) is 16.6 Å². The van der Waals surface area contributed by atoms with Crippen LogP contribution in [0.1, 0.15) is 25.3 Å². The number of aromatic nitrogens is 3. The van der Waals surface area contributed by atoms with E-state index >= 15 is 0 Å². The first-order valence-electron chi connectivity index (χ1n) is 8.88. The molecule has 0 aromatic carbocycles. The first-order valence-corrected chi connectivity index (χ1v) is 8.88. The van der Waals surface area contributed by atoms with Crippen molar-refractivity contribution >= 4 is 17.9 Å². The van der Waals surface area contributed by atoms with Crippen LogP contribution in [-0.2, 0) is 11.3 Å². The van der Waals surface area contributed by atoms with Gasteiger partial charge in [0.05, 0.1) is 6.61 Å². The molecule has 138 valence electrons. The van der Waals surface area contributed by atoms with Crippen LogP contribution in [0.3, 0.4) is 0 Å². The first kappa shape index (κ1) is 17.9. The molecule has 2 aromatic rings. The third-order valence-corrected chi connectivity index (χ3v) is 4.21. The molecular formula is C18H24N6O2. The zero-order chi connectivity index (χ0) is 18.2. The van der Waals surface area contributed by atoms with Crippen molar-refractivity contribution in [1.29, 1.82) is 0 Å². The monoisotopic (exact) mass is 356 g/mol. The number of amides is 1. The number of carbonyl (C=O) groups excluding carboxylic acids is 1. The van der Waals surface area contributed by atoms with Gasteiger partial charge in [-0.3, -0.25) is 4.98 Å². The summed E-state index contributed by atoms with van der Waals surface area (Å²) in [6.45, 7) is 4.23. The zero-order valence-electron chi connectivity index (χ0n) is 14.9. The summed E-state index contributed by atoms with van der Waals surface area (Å²) in [7, 11) is 0. The van der Waals surface area contributed by atoms with Crippen molar-refractivity contribution in [1.82, 2.24) is 19.9 Å². The average Bonchev–Trinajstić information content (AvgIpc) is 2.68. The number of piperidine rings is 1. The Bertz CT molecular complexity index is 704. The molecule has 0 saturated carbocycles. The number of anilines is 2. The molecule has 3 heterocycles. The van der Waals surface area contributed by atoms with Gasteiger partial charge in [0.25, 0.3) is 0 Å². The van der Waals surface area contributed by atoms with Gasteiger partial charge in [0, 0.05) is 44.3 Å². The molecular weight excluding hydrogens is 332 g/mol. The van der Waals surface area contributed by atoms with Crippen LogP contribution in [0.5, 0.6) is 0 Å². The standard InChI is InChI=1S/C18H24N6O2/c1-2-26-18(25)24-10-6-15(7-11-24)22-17-20-9-5-16(23-17)21-13-14-4-3-8-19-12-14/h3-5,8-9,12,15H,2,6-7,10-11,13H2,1H3,(H2,20,21,22,23). The second-order valence-electron chi connectivity index (χ2n) is 6.08. The molecule has 26 heavy (non-hydrogen) atoms. The van der Waals surface area contributed by atoms with Crippen LogP contribution >= 0.6 is 0 Å². The molecule has 0 radical (unpaired) electrons. The number of pyridine rings is 1. The van der Waals surface area contributed by atoms with E-state index in [9.17, 15) is 4.79 Å². The third-order valence-electron chi connectivity index (χ3n) is 4.21. The summed E-state index contributed by atoms with van der Waals surface area (Å²) < 4.78 is 5.04. The number of carbonyl (C=O) groups is 1. The summed E-state index contributed by atoms with van der Waals surface area (Å²) >= 11 is 0. The summed E-state index contributed by atoms with van der Waals surface area (Å²) in [6, 6.07) is 6.00. The van der Waals surface area contributed by atoms with Crippen LogP contribution < -0.4 is 10.6 Å². The van der Waals surface area contributed by atoms with Gasteiger partial charge in [0.15, 0.2) is 0 Å². The Labute approximate surface area is 153 Å². The van der Waals surface area contributed by atoms with Crippen molar-refractivity contribution in [3.05, 3.63) is 42.4 Å². The van der Waals surface area contributed by atoms with E-state index in [-0.39, 0.29) is 12.1 Å². The highest BCUT2D eigenvalue weighted by Gasteiger charge is 2.23. The van der Waals surface area contributed by atoms with E-state index < -0.39 is 0 Å². The van der Waals surface area contributed by atoms with E-state index in [0.29, 0.717) is 32.2 Å². The highest BCUT2D eigenvalue weighted by Crippen LogP contribution is 2.16. The molecule has 8 nitrogen and oxygen atoms in total. The summed E-state index contributed by atoms with van der Waals surface area (Å²) in [4.78, 5) is 26.4. The third kappa shape index (κ3) is 5.05. The minimum absolute atomic E-state index is 0.233. The fourth-order valence-corrected chi connectivity index (χ4v) is 2.83. The Morgan fingerprint density at radius 1 is 1.31 bits per heavy atom. The van der Waals surface area contributed by atoms with Gasteiger partial charge in [-0.05, 0) is 37.5 Å². The Kier molecular flexibility index (Phi) is 6.19. The highest BCUT2D eigenvalue weighted by atomic mass is 16.6. The van der Waals surface area contributed by atoms with Crippen molar-refractivity contribution in [3.8, 4) is 0 Å². The maximum atomic E-state index is 11.7.